The molecule has 0 saturated heterocycles. The van der Waals surface area contributed by atoms with E-state index >= 15 is 0 Å². The number of aliphatic hydroxyl groups is 1. The Morgan fingerprint density at radius 1 is 1.16 bits per heavy atom. The number of anilines is 1. The molecule has 0 aliphatic rings. The first-order chi connectivity index (χ1) is 9.22. The average molecular weight is 256 g/mol. The van der Waals surface area contributed by atoms with Gasteiger partial charge in [-0.25, -0.2) is 4.98 Å². The predicted octanol–water partition coefficient (Wildman–Crippen LogP) is 3.29. The Balaban J connectivity index is 2.21. The van der Waals surface area contributed by atoms with Crippen LogP contribution in [0.15, 0.2) is 42.5 Å². The van der Waals surface area contributed by atoms with Gasteiger partial charge in [-0.05, 0) is 25.0 Å². The van der Waals surface area contributed by atoms with Gasteiger partial charge in [-0.15, -0.1) is 0 Å². The van der Waals surface area contributed by atoms with Gasteiger partial charge >= 0.3 is 0 Å². The highest BCUT2D eigenvalue weighted by molar-refractivity contribution is 5.41. The zero-order valence-electron chi connectivity index (χ0n) is 11.4. The molecular formula is C16H20N2O. The molecule has 0 amide bonds. The summed E-state index contributed by atoms with van der Waals surface area (Å²) < 4.78 is 0. The molecule has 0 fully saturated rings. The van der Waals surface area contributed by atoms with Crippen molar-refractivity contribution in [2.75, 3.05) is 11.9 Å². The third-order valence-electron chi connectivity index (χ3n) is 3.09. The third-order valence-corrected chi connectivity index (χ3v) is 3.09. The van der Waals surface area contributed by atoms with E-state index in [9.17, 15) is 5.11 Å². The first kappa shape index (κ1) is 13.6. The molecule has 3 heteroatoms. The van der Waals surface area contributed by atoms with Gasteiger partial charge in [-0.1, -0.05) is 43.3 Å². The minimum atomic E-state index is -0.617. The van der Waals surface area contributed by atoms with E-state index in [0.717, 1.165) is 35.6 Å². The van der Waals surface area contributed by atoms with E-state index in [1.807, 2.05) is 49.4 Å². The van der Waals surface area contributed by atoms with Crippen molar-refractivity contribution in [2.45, 2.75) is 26.4 Å². The first-order valence-electron chi connectivity index (χ1n) is 6.66. The molecule has 100 valence electrons. The van der Waals surface area contributed by atoms with Gasteiger partial charge in [0.2, 0.25) is 0 Å². The molecule has 1 aromatic heterocycles. The van der Waals surface area contributed by atoms with E-state index in [0.29, 0.717) is 0 Å². The molecule has 1 heterocycles. The molecule has 2 rings (SSSR count). The van der Waals surface area contributed by atoms with Crippen molar-refractivity contribution < 1.29 is 5.11 Å². The lowest BCUT2D eigenvalue weighted by atomic mass is 10.0. The van der Waals surface area contributed by atoms with Crippen LogP contribution in [0, 0.1) is 6.92 Å². The molecule has 19 heavy (non-hydrogen) atoms. The summed E-state index contributed by atoms with van der Waals surface area (Å²) in [6.07, 6.45) is 0.448. The Morgan fingerprint density at radius 3 is 2.53 bits per heavy atom. The van der Waals surface area contributed by atoms with Gasteiger partial charge in [0.1, 0.15) is 11.9 Å². The van der Waals surface area contributed by atoms with Crippen LogP contribution in [0.2, 0.25) is 0 Å². The first-order valence-corrected chi connectivity index (χ1v) is 6.66. The fourth-order valence-electron chi connectivity index (χ4n) is 2.03. The highest BCUT2D eigenvalue weighted by atomic mass is 16.3. The number of nitrogens with zero attached hydrogens (tertiary/aromatic N) is 1. The summed E-state index contributed by atoms with van der Waals surface area (Å²) >= 11 is 0. The molecule has 0 radical (unpaired) electrons. The number of aryl methyl sites for hydroxylation is 1. The molecule has 1 aromatic carbocycles. The minimum Gasteiger partial charge on any atom is -0.384 e. The van der Waals surface area contributed by atoms with Crippen molar-refractivity contribution in [3.8, 4) is 0 Å². The number of benzene rings is 1. The topological polar surface area (TPSA) is 45.1 Å². The van der Waals surface area contributed by atoms with Crippen molar-refractivity contribution in [1.82, 2.24) is 4.98 Å². The zero-order valence-corrected chi connectivity index (χ0v) is 11.4. The van der Waals surface area contributed by atoms with Gasteiger partial charge in [-0.2, -0.15) is 0 Å². The third kappa shape index (κ3) is 3.32. The van der Waals surface area contributed by atoms with Crippen LogP contribution in [0.25, 0.3) is 0 Å². The summed E-state index contributed by atoms with van der Waals surface area (Å²) in [4.78, 5) is 4.49. The largest absolute Gasteiger partial charge is 0.384 e. The van der Waals surface area contributed by atoms with Crippen molar-refractivity contribution in [2.24, 2.45) is 0 Å². The van der Waals surface area contributed by atoms with E-state index in [1.54, 1.807) is 0 Å². The van der Waals surface area contributed by atoms with E-state index in [1.165, 1.54) is 0 Å². The fraction of sp³-hybridized carbons (Fsp3) is 0.312. The van der Waals surface area contributed by atoms with Crippen LogP contribution in [-0.2, 0) is 0 Å². The quantitative estimate of drug-likeness (QED) is 0.862. The van der Waals surface area contributed by atoms with E-state index < -0.39 is 6.10 Å². The normalized spacial score (nSPS) is 12.2. The standard InChI is InChI=1S/C16H20N2O/c1-3-11-17-15-10-9-14(12(2)18-15)16(19)13-7-5-4-6-8-13/h4-10,16,19H,3,11H2,1-2H3,(H,17,18)/t16-/m0/s1. The number of aliphatic hydroxyl groups excluding tert-OH is 1. The molecule has 0 spiro atoms. The molecular weight excluding hydrogens is 236 g/mol. The molecule has 3 nitrogen and oxygen atoms in total. The molecule has 0 saturated carbocycles. The van der Waals surface area contributed by atoms with Crippen LogP contribution < -0.4 is 5.32 Å². The second-order valence-electron chi connectivity index (χ2n) is 4.61. The number of hydrogen-bond donors (Lipinski definition) is 2. The maximum absolute atomic E-state index is 10.4. The number of pyridine rings is 1. The summed E-state index contributed by atoms with van der Waals surface area (Å²) in [5, 5.41) is 13.6. The Bertz CT molecular complexity index is 526. The van der Waals surface area contributed by atoms with E-state index in [2.05, 4.69) is 17.2 Å². The second-order valence-corrected chi connectivity index (χ2v) is 4.61. The summed E-state index contributed by atoms with van der Waals surface area (Å²) in [5.41, 5.74) is 2.60. The Labute approximate surface area is 114 Å². The van der Waals surface area contributed by atoms with Crippen molar-refractivity contribution in [1.29, 1.82) is 0 Å². The molecule has 2 aromatic rings. The van der Waals surface area contributed by atoms with E-state index in [-0.39, 0.29) is 0 Å². The maximum atomic E-state index is 10.4. The van der Waals surface area contributed by atoms with Gasteiger partial charge in [0, 0.05) is 17.8 Å². The minimum absolute atomic E-state index is 0.617. The number of aromatic nitrogens is 1. The fourth-order valence-corrected chi connectivity index (χ4v) is 2.03. The number of nitrogens with one attached hydrogen (secondary N) is 1. The van der Waals surface area contributed by atoms with Crippen LogP contribution in [0.1, 0.15) is 36.3 Å². The lowest BCUT2D eigenvalue weighted by Gasteiger charge is -2.15. The van der Waals surface area contributed by atoms with Crippen molar-refractivity contribution in [3.05, 3.63) is 59.3 Å². The SMILES string of the molecule is CCCNc1ccc([C@@H](O)c2ccccc2)c(C)n1. The van der Waals surface area contributed by atoms with Gasteiger partial charge in [0.25, 0.3) is 0 Å². The van der Waals surface area contributed by atoms with Gasteiger partial charge in [0.05, 0.1) is 0 Å². The Kier molecular flexibility index (Phi) is 4.53. The summed E-state index contributed by atoms with van der Waals surface area (Å²) in [6.45, 7) is 4.96. The highest BCUT2D eigenvalue weighted by Crippen LogP contribution is 2.24. The van der Waals surface area contributed by atoms with Crippen LogP contribution in [0.4, 0.5) is 5.82 Å². The van der Waals surface area contributed by atoms with Gasteiger partial charge in [-0.3, -0.25) is 0 Å². The summed E-state index contributed by atoms with van der Waals surface area (Å²) in [5.74, 6) is 0.864. The molecule has 1 atom stereocenters. The average Bonchev–Trinajstić information content (AvgIpc) is 2.45. The molecule has 0 unspecified atom stereocenters. The Hall–Kier alpha value is -1.87. The molecule has 0 aliphatic heterocycles. The van der Waals surface area contributed by atoms with Crippen LogP contribution in [-0.4, -0.2) is 16.6 Å². The van der Waals surface area contributed by atoms with E-state index in [4.69, 9.17) is 0 Å². The van der Waals surface area contributed by atoms with Gasteiger partial charge in [0.15, 0.2) is 0 Å². The van der Waals surface area contributed by atoms with Gasteiger partial charge < -0.3 is 10.4 Å². The zero-order chi connectivity index (χ0) is 13.7. The summed E-state index contributed by atoms with van der Waals surface area (Å²) in [7, 11) is 0. The lowest BCUT2D eigenvalue weighted by Crippen LogP contribution is -2.07. The van der Waals surface area contributed by atoms with Crippen LogP contribution in [0.3, 0.4) is 0 Å². The smallest absolute Gasteiger partial charge is 0.126 e. The Morgan fingerprint density at radius 2 is 1.89 bits per heavy atom. The lowest BCUT2D eigenvalue weighted by molar-refractivity contribution is 0.219. The van der Waals surface area contributed by atoms with Crippen molar-refractivity contribution >= 4 is 5.82 Å². The molecule has 0 bridgehead atoms. The van der Waals surface area contributed by atoms with Crippen LogP contribution >= 0.6 is 0 Å². The monoisotopic (exact) mass is 256 g/mol. The summed E-state index contributed by atoms with van der Waals surface area (Å²) in [6, 6.07) is 13.5. The predicted molar refractivity (Wildman–Crippen MR) is 78.3 cm³/mol. The van der Waals surface area contributed by atoms with Crippen molar-refractivity contribution in [3.63, 3.8) is 0 Å². The molecule has 2 N–H and O–H groups in total. The van der Waals surface area contributed by atoms with Crippen LogP contribution in [0.5, 0.6) is 0 Å². The molecule has 0 aliphatic carbocycles. The number of rotatable bonds is 5. The maximum Gasteiger partial charge on any atom is 0.126 e. The highest BCUT2D eigenvalue weighted by Gasteiger charge is 2.13. The number of hydrogen-bond acceptors (Lipinski definition) is 3. The second kappa shape index (κ2) is 6.34.